The first kappa shape index (κ1) is 16.7. The quantitative estimate of drug-likeness (QED) is 0.558. The number of carbonyl (C=O) groups is 2. The topological polar surface area (TPSA) is 96.2 Å². The van der Waals surface area contributed by atoms with E-state index in [9.17, 15) is 14.0 Å². The number of halogens is 1. The summed E-state index contributed by atoms with van der Waals surface area (Å²) in [6.07, 6.45) is 0.302. The Morgan fingerprint density at radius 3 is 2.64 bits per heavy atom. The number of carbonyl (C=O) groups excluding carboxylic acids is 2. The van der Waals surface area contributed by atoms with Crippen molar-refractivity contribution < 1.29 is 14.0 Å². The Morgan fingerprint density at radius 2 is 2.00 bits per heavy atom. The minimum Gasteiger partial charge on any atom is -0.368 e. The van der Waals surface area contributed by atoms with Gasteiger partial charge < -0.3 is 11.1 Å². The molecule has 8 heteroatoms. The monoisotopic (exact) mass is 326 g/mol. The van der Waals surface area contributed by atoms with E-state index in [-0.39, 0.29) is 23.8 Å². The Hall–Kier alpha value is -1.64. The predicted octanol–water partition coefficient (Wildman–Crippen LogP) is 0.143. The van der Waals surface area contributed by atoms with E-state index in [1.54, 1.807) is 12.1 Å². The highest BCUT2D eigenvalue weighted by Gasteiger charge is 2.37. The molecule has 6 nitrogen and oxygen atoms in total. The average molecular weight is 326 g/mol. The molecule has 5 N–H and O–H groups in total. The number of nitrogens with two attached hydrogens (primary N) is 1. The third-order valence-corrected chi connectivity index (χ3v) is 4.42. The summed E-state index contributed by atoms with van der Waals surface area (Å²) in [6, 6.07) is 5.03. The summed E-state index contributed by atoms with van der Waals surface area (Å²) in [4.78, 5) is 24.2. The van der Waals surface area contributed by atoms with Crippen molar-refractivity contribution in [3.63, 3.8) is 0 Å². The van der Waals surface area contributed by atoms with Crippen LogP contribution >= 0.6 is 11.8 Å². The van der Waals surface area contributed by atoms with Gasteiger partial charge in [-0.3, -0.25) is 15.0 Å². The lowest BCUT2D eigenvalue weighted by Crippen LogP contribution is -2.52. The zero-order valence-corrected chi connectivity index (χ0v) is 13.0. The van der Waals surface area contributed by atoms with Gasteiger partial charge in [-0.25, -0.2) is 9.82 Å². The van der Waals surface area contributed by atoms with Gasteiger partial charge in [-0.05, 0) is 31.2 Å². The molecule has 22 heavy (non-hydrogen) atoms. The van der Waals surface area contributed by atoms with Gasteiger partial charge in [0, 0.05) is 23.1 Å². The van der Waals surface area contributed by atoms with Gasteiger partial charge in [-0.1, -0.05) is 0 Å². The maximum absolute atomic E-state index is 12.8. The minimum atomic E-state index is -0.622. The number of amides is 2. The summed E-state index contributed by atoms with van der Waals surface area (Å²) in [6.45, 7) is 1.86. The minimum absolute atomic E-state index is 0.0915. The van der Waals surface area contributed by atoms with Crippen molar-refractivity contribution in [2.24, 2.45) is 5.73 Å². The van der Waals surface area contributed by atoms with E-state index in [2.05, 4.69) is 16.2 Å². The van der Waals surface area contributed by atoms with E-state index >= 15 is 0 Å². The number of rotatable bonds is 6. The van der Waals surface area contributed by atoms with Crippen molar-refractivity contribution in [3.05, 3.63) is 30.1 Å². The molecule has 0 saturated carbocycles. The molecule has 1 aromatic carbocycles. The van der Waals surface area contributed by atoms with Crippen molar-refractivity contribution in [2.75, 3.05) is 5.75 Å². The molecule has 2 rings (SSSR count). The Morgan fingerprint density at radius 1 is 1.32 bits per heavy atom. The summed E-state index contributed by atoms with van der Waals surface area (Å²) in [5.74, 6) is -0.374. The molecule has 3 atom stereocenters. The second kappa shape index (κ2) is 7.57. The van der Waals surface area contributed by atoms with Crippen LogP contribution in [0.1, 0.15) is 13.3 Å². The van der Waals surface area contributed by atoms with Crippen molar-refractivity contribution >= 4 is 23.6 Å². The number of hydrogen-bond acceptors (Lipinski definition) is 5. The Bertz CT molecular complexity index is 540. The third kappa shape index (κ3) is 4.43. The Labute approximate surface area is 132 Å². The number of benzene rings is 1. The van der Waals surface area contributed by atoms with E-state index in [1.165, 1.54) is 23.9 Å². The molecule has 1 aliphatic heterocycles. The molecule has 1 fully saturated rings. The highest BCUT2D eigenvalue weighted by atomic mass is 32.2. The van der Waals surface area contributed by atoms with Crippen LogP contribution in [0, 0.1) is 5.82 Å². The maximum atomic E-state index is 12.8. The van der Waals surface area contributed by atoms with Crippen LogP contribution < -0.4 is 21.9 Å². The van der Waals surface area contributed by atoms with Crippen LogP contribution in [0.15, 0.2) is 29.2 Å². The highest BCUT2D eigenvalue weighted by Crippen LogP contribution is 2.19. The van der Waals surface area contributed by atoms with E-state index in [1.807, 2.05) is 6.92 Å². The standard InChI is InChI=1S/C14H19FN4O2S/c1-8-12(13(14(16)21)19-18-8)17-11(20)6-7-22-10-4-2-9(15)3-5-10/h2-5,8,12-13,18-19H,6-7H2,1H3,(H2,16,21)(H,17,20). The number of hydrazine groups is 1. The van der Waals surface area contributed by atoms with Gasteiger partial charge in [-0.15, -0.1) is 11.8 Å². The fourth-order valence-electron chi connectivity index (χ4n) is 2.20. The van der Waals surface area contributed by atoms with Crippen LogP contribution in [0.2, 0.25) is 0 Å². The van der Waals surface area contributed by atoms with Crippen LogP contribution in [0.4, 0.5) is 4.39 Å². The summed E-state index contributed by atoms with van der Waals surface area (Å²) >= 11 is 1.47. The van der Waals surface area contributed by atoms with Gasteiger partial charge >= 0.3 is 0 Å². The molecule has 1 aliphatic rings. The summed E-state index contributed by atoms with van der Waals surface area (Å²) in [5.41, 5.74) is 10.9. The van der Waals surface area contributed by atoms with Crippen LogP contribution in [0.25, 0.3) is 0 Å². The highest BCUT2D eigenvalue weighted by molar-refractivity contribution is 7.99. The molecule has 3 unspecified atom stereocenters. The van der Waals surface area contributed by atoms with Crippen LogP contribution in [0.3, 0.4) is 0 Å². The number of thioether (sulfide) groups is 1. The second-order valence-corrected chi connectivity index (χ2v) is 6.27. The molecule has 0 radical (unpaired) electrons. The van der Waals surface area contributed by atoms with Gasteiger partial charge in [0.05, 0.1) is 6.04 Å². The van der Waals surface area contributed by atoms with Crippen molar-refractivity contribution in [1.82, 2.24) is 16.2 Å². The van der Waals surface area contributed by atoms with Crippen molar-refractivity contribution in [3.8, 4) is 0 Å². The number of nitrogens with one attached hydrogen (secondary N) is 3. The molecular formula is C14H19FN4O2S. The normalized spacial score (nSPS) is 24.2. The lowest BCUT2D eigenvalue weighted by molar-refractivity contribution is -0.122. The molecule has 1 saturated heterocycles. The molecule has 1 heterocycles. The first-order valence-corrected chi connectivity index (χ1v) is 7.94. The third-order valence-electron chi connectivity index (χ3n) is 3.41. The molecule has 0 aromatic heterocycles. The molecule has 0 aliphatic carbocycles. The summed E-state index contributed by atoms with van der Waals surface area (Å²) < 4.78 is 12.8. The van der Waals surface area contributed by atoms with Crippen LogP contribution in [-0.4, -0.2) is 35.7 Å². The smallest absolute Gasteiger partial charge is 0.238 e. The van der Waals surface area contributed by atoms with Crippen LogP contribution in [0.5, 0.6) is 0 Å². The van der Waals surface area contributed by atoms with Gasteiger partial charge in [-0.2, -0.15) is 0 Å². The predicted molar refractivity (Wildman–Crippen MR) is 82.4 cm³/mol. The second-order valence-electron chi connectivity index (χ2n) is 5.10. The van der Waals surface area contributed by atoms with Crippen LogP contribution in [-0.2, 0) is 9.59 Å². The van der Waals surface area contributed by atoms with E-state index < -0.39 is 11.9 Å². The number of hydrogen-bond donors (Lipinski definition) is 4. The first-order valence-electron chi connectivity index (χ1n) is 6.95. The lowest BCUT2D eigenvalue weighted by Gasteiger charge is -2.20. The Balaban J connectivity index is 1.77. The van der Waals surface area contributed by atoms with E-state index in [0.29, 0.717) is 12.2 Å². The van der Waals surface area contributed by atoms with Gasteiger partial charge in [0.25, 0.3) is 0 Å². The lowest BCUT2D eigenvalue weighted by atomic mass is 10.0. The first-order chi connectivity index (χ1) is 10.5. The summed E-state index contributed by atoms with van der Waals surface area (Å²) in [5, 5.41) is 2.82. The molecule has 0 bridgehead atoms. The molecular weight excluding hydrogens is 307 g/mol. The molecule has 1 aromatic rings. The summed E-state index contributed by atoms with van der Waals surface area (Å²) in [7, 11) is 0. The number of primary amides is 1. The Kier molecular flexibility index (Phi) is 5.76. The van der Waals surface area contributed by atoms with Gasteiger partial charge in [0.1, 0.15) is 11.9 Å². The SMILES string of the molecule is CC1NNC(C(N)=O)C1NC(=O)CCSc1ccc(F)cc1. The van der Waals surface area contributed by atoms with E-state index in [0.717, 1.165) is 4.90 Å². The largest absolute Gasteiger partial charge is 0.368 e. The molecule has 0 spiro atoms. The van der Waals surface area contributed by atoms with Gasteiger partial charge in [0.2, 0.25) is 11.8 Å². The van der Waals surface area contributed by atoms with Gasteiger partial charge in [0.15, 0.2) is 0 Å². The van der Waals surface area contributed by atoms with Crippen molar-refractivity contribution in [1.29, 1.82) is 0 Å². The average Bonchev–Trinajstić information content (AvgIpc) is 2.82. The van der Waals surface area contributed by atoms with Crippen molar-refractivity contribution in [2.45, 2.75) is 36.4 Å². The zero-order valence-electron chi connectivity index (χ0n) is 12.1. The fraction of sp³-hybridized carbons (Fsp3) is 0.429. The maximum Gasteiger partial charge on any atom is 0.238 e. The van der Waals surface area contributed by atoms with E-state index in [4.69, 9.17) is 5.73 Å². The molecule has 120 valence electrons. The zero-order chi connectivity index (χ0) is 16.1. The molecule has 2 amide bonds. The fourth-order valence-corrected chi connectivity index (χ4v) is 3.05.